The van der Waals surface area contributed by atoms with Gasteiger partial charge in [0.05, 0.1) is 0 Å². The summed E-state index contributed by atoms with van der Waals surface area (Å²) >= 11 is 0.208. The first-order valence-corrected chi connectivity index (χ1v) is 6.32. The molecule has 1 aliphatic rings. The van der Waals surface area contributed by atoms with Crippen LogP contribution in [0.2, 0.25) is 0 Å². The van der Waals surface area contributed by atoms with Crippen LogP contribution < -0.4 is 24.8 Å². The number of hydrogen-bond donors (Lipinski definition) is 0. The molecule has 0 nitrogen and oxygen atoms in total. The van der Waals surface area contributed by atoms with Crippen LogP contribution in [-0.4, -0.2) is 0 Å². The molecule has 0 fully saturated rings. The fraction of sp³-hybridized carbons (Fsp3) is 0.200. The Balaban J connectivity index is 0. The predicted molar refractivity (Wildman–Crippen MR) is 31.5 cm³/mol. The van der Waals surface area contributed by atoms with Gasteiger partial charge in [0.25, 0.3) is 0 Å². The third-order valence-corrected chi connectivity index (χ3v) is 3.64. The van der Waals surface area contributed by atoms with Crippen molar-refractivity contribution in [2.45, 2.75) is 6.42 Å². The first kappa shape index (κ1) is 12.8. The molecule has 0 heterocycles. The molecule has 1 unspecified atom stereocenters. The summed E-state index contributed by atoms with van der Waals surface area (Å²) in [5.74, 6) is 0. The molecule has 50 valence electrons. The molecule has 0 saturated carbocycles. The Kier molecular flexibility index (Phi) is 10.4. The molecule has 9 heavy (non-hydrogen) atoms. The number of hydrogen-bond acceptors (Lipinski definition) is 0. The molecule has 0 radical (unpaired) electrons. The summed E-state index contributed by atoms with van der Waals surface area (Å²) in [5, 5.41) is 0. The summed E-state index contributed by atoms with van der Waals surface area (Å²) in [4.78, 5) is 0. The van der Waals surface area contributed by atoms with Crippen molar-refractivity contribution < 1.29 is 43.5 Å². The van der Waals surface area contributed by atoms with Gasteiger partial charge in [-0.25, -0.2) is 0 Å². The van der Waals surface area contributed by atoms with Crippen molar-refractivity contribution in [2.75, 3.05) is 0 Å². The summed E-state index contributed by atoms with van der Waals surface area (Å²) in [6.07, 6.45) is 7.81. The zero-order chi connectivity index (χ0) is 5.11. The van der Waals surface area contributed by atoms with Crippen LogP contribution in [-0.2, 0) is 18.6 Å². The maximum absolute atomic E-state index is 2.84. The van der Waals surface area contributed by atoms with Crippen LogP contribution in [0, 0.1) is 0 Å². The maximum atomic E-state index is 2.84. The van der Waals surface area contributed by atoms with Gasteiger partial charge in [-0.15, -0.1) is 0 Å². The van der Waals surface area contributed by atoms with E-state index in [9.17, 15) is 0 Å². The Morgan fingerprint density at radius 2 is 2.11 bits per heavy atom. The Hall–Kier alpha value is 1.20. The molecule has 0 aromatic rings. The Morgan fingerprint density at radius 3 is 2.33 bits per heavy atom. The van der Waals surface area contributed by atoms with Crippen molar-refractivity contribution in [3.8, 4) is 0 Å². The third kappa shape index (κ3) is 4.59. The first-order chi connectivity index (χ1) is 3.43. The van der Waals surface area contributed by atoms with Crippen LogP contribution in [0.5, 0.6) is 0 Å². The fourth-order valence-electron chi connectivity index (χ4n) is 0.554. The van der Waals surface area contributed by atoms with Crippen LogP contribution in [0.25, 0.3) is 0 Å². The van der Waals surface area contributed by atoms with Gasteiger partial charge in [0, 0.05) is 0 Å². The van der Waals surface area contributed by atoms with E-state index in [4.69, 9.17) is 0 Å². The van der Waals surface area contributed by atoms with Gasteiger partial charge in [-0.1, -0.05) is 0 Å². The van der Waals surface area contributed by atoms with Gasteiger partial charge in [0.15, 0.2) is 0 Å². The SMILES string of the molecule is [Cl-].[Cl-].[PH2][Ti+2][C]1=CC=CC1. The van der Waals surface area contributed by atoms with Gasteiger partial charge in [-0.3, -0.25) is 0 Å². The number of rotatable bonds is 1. The molecule has 0 N–H and O–H groups in total. The monoisotopic (exact) mass is 216 g/mol. The van der Waals surface area contributed by atoms with E-state index >= 15 is 0 Å². The van der Waals surface area contributed by atoms with Gasteiger partial charge in [0.1, 0.15) is 0 Å². The second-order valence-electron chi connectivity index (χ2n) is 1.47. The molecule has 0 saturated heterocycles. The predicted octanol–water partition coefficient (Wildman–Crippen LogP) is -4.29. The molecule has 0 spiro atoms. The van der Waals surface area contributed by atoms with Crippen LogP contribution in [0.15, 0.2) is 22.1 Å². The standard InChI is InChI=1S/C5H5.2ClH.H2P.Ti/c1-2-4-5-3-1;;;;/h1-3H,4H2;2*1H;1H2;/q;;;-1;+3/p-2. The van der Waals surface area contributed by atoms with E-state index in [2.05, 4.69) is 25.5 Å². The van der Waals surface area contributed by atoms with Crippen molar-refractivity contribution in [1.82, 2.24) is 0 Å². The Bertz CT molecular complexity index is 122. The fourth-order valence-corrected chi connectivity index (χ4v) is 2.11. The average Bonchev–Trinajstić information content (AvgIpc) is 2.14. The summed E-state index contributed by atoms with van der Waals surface area (Å²) in [5.41, 5.74) is 0. The average molecular weight is 217 g/mol. The van der Waals surface area contributed by atoms with E-state index in [1.165, 1.54) is 6.42 Å². The minimum absolute atomic E-state index is 0. The molecule has 1 rings (SSSR count). The molecule has 1 atom stereocenters. The third-order valence-electron chi connectivity index (χ3n) is 0.957. The van der Waals surface area contributed by atoms with Gasteiger partial charge in [0.2, 0.25) is 0 Å². The topological polar surface area (TPSA) is 0 Å². The summed E-state index contributed by atoms with van der Waals surface area (Å²) in [6.45, 7) is 0. The van der Waals surface area contributed by atoms with Crippen molar-refractivity contribution in [2.24, 2.45) is 0 Å². The van der Waals surface area contributed by atoms with E-state index in [0.29, 0.717) is 0 Å². The molecule has 0 aliphatic heterocycles. The molecule has 0 bridgehead atoms. The Labute approximate surface area is 78.9 Å². The second-order valence-corrected chi connectivity index (χ2v) is 4.11. The van der Waals surface area contributed by atoms with Crippen molar-refractivity contribution in [3.05, 3.63) is 22.1 Å². The van der Waals surface area contributed by atoms with Crippen molar-refractivity contribution in [3.63, 3.8) is 0 Å². The van der Waals surface area contributed by atoms with E-state index in [-0.39, 0.29) is 43.5 Å². The molecule has 0 aromatic heterocycles. The zero-order valence-corrected chi connectivity index (χ0v) is 9.00. The van der Waals surface area contributed by atoms with Gasteiger partial charge in [-0.2, -0.15) is 0 Å². The Morgan fingerprint density at radius 1 is 1.44 bits per heavy atom. The number of halogens is 2. The van der Waals surface area contributed by atoms with E-state index in [1.54, 1.807) is 3.88 Å². The number of allylic oxidation sites excluding steroid dienone is 4. The van der Waals surface area contributed by atoms with E-state index < -0.39 is 0 Å². The molecule has 0 aromatic carbocycles. The van der Waals surface area contributed by atoms with Gasteiger partial charge in [-0.05, 0) is 0 Å². The summed E-state index contributed by atoms with van der Waals surface area (Å²) < 4.78 is 1.64. The van der Waals surface area contributed by atoms with Crippen LogP contribution in [0.3, 0.4) is 0 Å². The normalized spacial score (nSPS) is 12.8. The quantitative estimate of drug-likeness (QED) is 0.308. The van der Waals surface area contributed by atoms with Crippen molar-refractivity contribution in [1.29, 1.82) is 0 Å². The van der Waals surface area contributed by atoms with Gasteiger partial charge < -0.3 is 24.8 Å². The van der Waals surface area contributed by atoms with E-state index in [1.807, 2.05) is 0 Å². The summed E-state index contributed by atoms with van der Waals surface area (Å²) in [6, 6.07) is 0. The van der Waals surface area contributed by atoms with E-state index in [0.717, 1.165) is 0 Å². The minimum atomic E-state index is 0. The van der Waals surface area contributed by atoms with Crippen LogP contribution in [0.4, 0.5) is 0 Å². The van der Waals surface area contributed by atoms with Crippen LogP contribution >= 0.6 is 7.23 Å². The molecule has 1 aliphatic carbocycles. The first-order valence-electron chi connectivity index (χ1n) is 2.26. The van der Waals surface area contributed by atoms with Crippen LogP contribution in [0.1, 0.15) is 6.42 Å². The second kappa shape index (κ2) is 7.31. The van der Waals surface area contributed by atoms with Crippen molar-refractivity contribution >= 4 is 7.23 Å². The van der Waals surface area contributed by atoms with Gasteiger partial charge >= 0.3 is 54.4 Å². The summed E-state index contributed by atoms with van der Waals surface area (Å²) in [7, 11) is 2.84. The molecule has 4 heteroatoms. The molecular weight excluding hydrogens is 210 g/mol. The zero-order valence-electron chi connectivity index (χ0n) is 4.77. The molecular formula is C5H7Cl2PTi. The molecule has 0 amide bonds.